The molecule has 5 rings (SSSR count). The number of nitrogens with zero attached hydrogens (tertiary/aromatic N) is 5. The summed E-state index contributed by atoms with van der Waals surface area (Å²) in [4.78, 5) is 33.8. The summed E-state index contributed by atoms with van der Waals surface area (Å²) in [6, 6.07) is 14.6. The fraction of sp³-hybridized carbons (Fsp3) is 0.346. The third kappa shape index (κ3) is 3.48. The fourth-order valence-electron chi connectivity index (χ4n) is 4.70. The molecule has 0 bridgehead atoms. The highest BCUT2D eigenvalue weighted by molar-refractivity contribution is 5.77. The molecule has 7 heteroatoms. The molecule has 0 spiro atoms. The van der Waals surface area contributed by atoms with E-state index in [4.69, 9.17) is 4.98 Å². The van der Waals surface area contributed by atoms with Crippen LogP contribution in [0.15, 0.2) is 52.1 Å². The molecule has 0 amide bonds. The summed E-state index contributed by atoms with van der Waals surface area (Å²) in [5, 5.41) is 0. The number of anilines is 2. The van der Waals surface area contributed by atoms with Crippen LogP contribution in [0.3, 0.4) is 0 Å². The predicted octanol–water partition coefficient (Wildman–Crippen LogP) is 3.67. The molecule has 1 aliphatic rings. The zero-order valence-corrected chi connectivity index (χ0v) is 19.6. The van der Waals surface area contributed by atoms with Gasteiger partial charge in [-0.3, -0.25) is 13.9 Å². The van der Waals surface area contributed by atoms with Crippen LogP contribution < -0.4 is 16.1 Å². The molecule has 0 unspecified atom stereocenters. The first-order valence-corrected chi connectivity index (χ1v) is 11.5. The van der Waals surface area contributed by atoms with Gasteiger partial charge < -0.3 is 9.47 Å². The van der Waals surface area contributed by atoms with Crippen molar-refractivity contribution < 1.29 is 0 Å². The van der Waals surface area contributed by atoms with Crippen LogP contribution in [0, 0.1) is 13.8 Å². The lowest BCUT2D eigenvalue weighted by Gasteiger charge is -2.29. The van der Waals surface area contributed by atoms with Crippen molar-refractivity contribution in [3.8, 4) is 0 Å². The van der Waals surface area contributed by atoms with E-state index in [0.717, 1.165) is 47.7 Å². The second kappa shape index (κ2) is 8.06. The van der Waals surface area contributed by atoms with Gasteiger partial charge >= 0.3 is 5.69 Å². The Morgan fingerprint density at radius 1 is 1.00 bits per heavy atom. The number of hydrogen-bond donors (Lipinski definition) is 0. The minimum atomic E-state index is -0.345. The van der Waals surface area contributed by atoms with Crippen LogP contribution in [0.2, 0.25) is 0 Å². The highest BCUT2D eigenvalue weighted by Crippen LogP contribution is 2.31. The lowest BCUT2D eigenvalue weighted by atomic mass is 10.1. The van der Waals surface area contributed by atoms with Crippen molar-refractivity contribution in [3.63, 3.8) is 0 Å². The van der Waals surface area contributed by atoms with Gasteiger partial charge in [-0.1, -0.05) is 42.8 Å². The molecule has 0 radical (unpaired) electrons. The quantitative estimate of drug-likeness (QED) is 0.483. The van der Waals surface area contributed by atoms with Crippen molar-refractivity contribution in [2.24, 2.45) is 7.05 Å². The van der Waals surface area contributed by atoms with Gasteiger partial charge in [-0.15, -0.1) is 0 Å². The largest absolute Gasteiger partial charge is 0.332 e. The first kappa shape index (κ1) is 21.2. The lowest BCUT2D eigenvalue weighted by Crippen LogP contribution is -2.40. The van der Waals surface area contributed by atoms with Crippen LogP contribution in [-0.4, -0.2) is 25.2 Å². The summed E-state index contributed by atoms with van der Waals surface area (Å²) in [6.45, 7) is 7.93. The molecule has 3 heterocycles. The van der Waals surface area contributed by atoms with Crippen molar-refractivity contribution in [3.05, 3.63) is 85.6 Å². The van der Waals surface area contributed by atoms with Gasteiger partial charge in [0.25, 0.3) is 5.56 Å². The molecule has 0 atom stereocenters. The number of aromatic nitrogens is 4. The normalized spacial score (nSPS) is 13.5. The van der Waals surface area contributed by atoms with E-state index in [9.17, 15) is 9.59 Å². The molecule has 0 aliphatic carbocycles. The molecule has 0 fully saturated rings. The molecule has 0 saturated heterocycles. The minimum absolute atomic E-state index is 0.248. The summed E-state index contributed by atoms with van der Waals surface area (Å²) >= 11 is 0. The van der Waals surface area contributed by atoms with Crippen LogP contribution in [0.5, 0.6) is 0 Å². The van der Waals surface area contributed by atoms with Crippen LogP contribution in [0.1, 0.15) is 35.6 Å². The number of benzene rings is 2. The average Bonchev–Trinajstić information content (AvgIpc) is 3.22. The monoisotopic (exact) mass is 443 g/mol. The highest BCUT2D eigenvalue weighted by Gasteiger charge is 2.27. The smallest absolute Gasteiger partial charge is 0.312 e. The topological polar surface area (TPSA) is 65.1 Å². The summed E-state index contributed by atoms with van der Waals surface area (Å²) < 4.78 is 4.83. The first-order chi connectivity index (χ1) is 15.9. The van der Waals surface area contributed by atoms with Gasteiger partial charge in [-0.05, 0) is 55.5 Å². The maximum absolute atomic E-state index is 13.6. The van der Waals surface area contributed by atoms with Crippen LogP contribution in [0.4, 0.5) is 11.6 Å². The molecule has 0 N–H and O–H groups in total. The van der Waals surface area contributed by atoms with E-state index in [1.807, 2.05) is 36.6 Å². The third-order valence-electron chi connectivity index (χ3n) is 6.71. The molecule has 33 heavy (non-hydrogen) atoms. The maximum atomic E-state index is 13.6. The number of fused-ring (bicyclic) bond motifs is 3. The predicted molar refractivity (Wildman–Crippen MR) is 132 cm³/mol. The number of imidazole rings is 1. The van der Waals surface area contributed by atoms with Gasteiger partial charge in [-0.2, -0.15) is 4.98 Å². The maximum Gasteiger partial charge on any atom is 0.332 e. The summed E-state index contributed by atoms with van der Waals surface area (Å²) in [6.07, 6.45) is 1.88. The molecular formula is C26H29N5O2. The zero-order valence-electron chi connectivity index (χ0n) is 19.6. The Labute approximate surface area is 192 Å². The van der Waals surface area contributed by atoms with Crippen molar-refractivity contribution in [2.45, 2.75) is 46.7 Å². The zero-order chi connectivity index (χ0) is 23.3. The van der Waals surface area contributed by atoms with E-state index >= 15 is 0 Å². The molecule has 7 nitrogen and oxygen atoms in total. The summed E-state index contributed by atoms with van der Waals surface area (Å²) in [5.74, 6) is 0.720. The number of rotatable bonds is 4. The Kier molecular flexibility index (Phi) is 5.19. The summed E-state index contributed by atoms with van der Waals surface area (Å²) in [5.41, 5.74) is 5.77. The molecule has 2 aromatic carbocycles. The Bertz CT molecular complexity index is 1470. The van der Waals surface area contributed by atoms with Gasteiger partial charge in [0.2, 0.25) is 5.95 Å². The van der Waals surface area contributed by atoms with E-state index < -0.39 is 0 Å². The van der Waals surface area contributed by atoms with E-state index in [1.165, 1.54) is 14.7 Å². The van der Waals surface area contributed by atoms with Gasteiger partial charge in [0.1, 0.15) is 0 Å². The second-order valence-electron chi connectivity index (χ2n) is 8.92. The van der Waals surface area contributed by atoms with Crippen LogP contribution in [-0.2, 0) is 26.6 Å². The molecular weight excluding hydrogens is 414 g/mol. The molecule has 2 aromatic heterocycles. The van der Waals surface area contributed by atoms with E-state index in [1.54, 1.807) is 7.05 Å². The molecule has 170 valence electrons. The van der Waals surface area contributed by atoms with Crippen LogP contribution in [0.25, 0.3) is 11.2 Å². The Hall–Kier alpha value is -3.61. The first-order valence-electron chi connectivity index (χ1n) is 11.5. The van der Waals surface area contributed by atoms with Gasteiger partial charge in [0.05, 0.1) is 6.54 Å². The van der Waals surface area contributed by atoms with Crippen molar-refractivity contribution in [1.82, 2.24) is 18.7 Å². The van der Waals surface area contributed by atoms with E-state index in [0.29, 0.717) is 17.7 Å². The standard InChI is InChI=1S/C26H29N5O2/c1-5-19-9-11-21(12-10-19)29-13-6-14-30-22-23(27-25(29)30)28(4)26(33)31(24(22)32)16-20-15-17(2)7-8-18(20)3/h7-12,15H,5-6,13-14,16H2,1-4H3. The third-order valence-corrected chi connectivity index (χ3v) is 6.71. The molecule has 1 aliphatic heterocycles. The van der Waals surface area contributed by atoms with Crippen molar-refractivity contribution in [2.75, 3.05) is 11.4 Å². The van der Waals surface area contributed by atoms with Crippen molar-refractivity contribution in [1.29, 1.82) is 0 Å². The van der Waals surface area contributed by atoms with Gasteiger partial charge in [-0.25, -0.2) is 4.79 Å². The number of aryl methyl sites for hydroxylation is 5. The Morgan fingerprint density at radius 2 is 1.76 bits per heavy atom. The van der Waals surface area contributed by atoms with Crippen LogP contribution >= 0.6 is 0 Å². The molecule has 4 aromatic rings. The average molecular weight is 444 g/mol. The number of hydrogen-bond acceptors (Lipinski definition) is 4. The SMILES string of the molecule is CCc1ccc(N2CCCn3c2nc2c3c(=O)n(Cc3cc(C)ccc3C)c(=O)n2C)cc1. The fourth-order valence-corrected chi connectivity index (χ4v) is 4.70. The Balaban J connectivity index is 1.67. The highest BCUT2D eigenvalue weighted by atomic mass is 16.2. The second-order valence-corrected chi connectivity index (χ2v) is 8.92. The van der Waals surface area contributed by atoms with Gasteiger partial charge in [0, 0.05) is 25.8 Å². The Morgan fingerprint density at radius 3 is 2.48 bits per heavy atom. The lowest BCUT2D eigenvalue weighted by molar-refractivity contribution is 0.597. The summed E-state index contributed by atoms with van der Waals surface area (Å²) in [7, 11) is 1.70. The van der Waals surface area contributed by atoms with Crippen molar-refractivity contribution >= 4 is 22.8 Å². The molecule has 0 saturated carbocycles. The van der Waals surface area contributed by atoms with E-state index in [2.05, 4.69) is 36.1 Å². The van der Waals surface area contributed by atoms with Gasteiger partial charge in [0.15, 0.2) is 11.2 Å². The van der Waals surface area contributed by atoms with E-state index in [-0.39, 0.29) is 17.8 Å². The minimum Gasteiger partial charge on any atom is -0.312 e.